The van der Waals surface area contributed by atoms with Gasteiger partial charge in [-0.15, -0.1) is 0 Å². The normalized spacial score (nSPS) is 12.4. The predicted molar refractivity (Wildman–Crippen MR) is 113 cm³/mol. The molecule has 1 amide bonds. The second kappa shape index (κ2) is 16.8. The van der Waals surface area contributed by atoms with E-state index in [1.54, 1.807) is 0 Å². The van der Waals surface area contributed by atoms with Gasteiger partial charge in [-0.25, -0.2) is 0 Å². The standard InChI is InChI=1S/C23H42F5NO/c1-3-5-7-9-11-13-15-17-19-29(21(30)22(24,25)23(26,27)28)20-18-16-14-12-10-8-6-4-2/h3-20H2,1-2H3. The van der Waals surface area contributed by atoms with Crippen LogP contribution in [0.2, 0.25) is 0 Å². The molecule has 0 atom stereocenters. The van der Waals surface area contributed by atoms with Crippen molar-refractivity contribution >= 4 is 5.91 Å². The maximum Gasteiger partial charge on any atom is 0.463 e. The fraction of sp³-hybridized carbons (Fsp3) is 0.957. The highest BCUT2D eigenvalue weighted by atomic mass is 19.4. The van der Waals surface area contributed by atoms with Gasteiger partial charge in [0.05, 0.1) is 0 Å². The highest BCUT2D eigenvalue weighted by Gasteiger charge is 2.64. The molecule has 30 heavy (non-hydrogen) atoms. The van der Waals surface area contributed by atoms with Crippen LogP contribution in [0.4, 0.5) is 22.0 Å². The van der Waals surface area contributed by atoms with Crippen LogP contribution in [-0.2, 0) is 4.79 Å². The molecule has 180 valence electrons. The number of amides is 1. The van der Waals surface area contributed by atoms with Crippen LogP contribution in [-0.4, -0.2) is 36.0 Å². The van der Waals surface area contributed by atoms with Crippen LogP contribution in [0.5, 0.6) is 0 Å². The quantitative estimate of drug-likeness (QED) is 0.145. The molecule has 0 N–H and O–H groups in total. The van der Waals surface area contributed by atoms with Crippen LogP contribution in [0, 0.1) is 0 Å². The minimum absolute atomic E-state index is 0.0318. The smallest absolute Gasteiger partial charge is 0.337 e. The second-order valence-electron chi connectivity index (χ2n) is 8.31. The highest BCUT2D eigenvalue weighted by molar-refractivity contribution is 5.84. The molecule has 0 aliphatic rings. The van der Waals surface area contributed by atoms with Crippen LogP contribution < -0.4 is 0 Å². The number of carbonyl (C=O) groups excluding carboxylic acids is 1. The molecule has 0 aliphatic heterocycles. The molecular weight excluding hydrogens is 401 g/mol. The first kappa shape index (κ1) is 29.1. The predicted octanol–water partition coefficient (Wildman–Crippen LogP) is 8.29. The van der Waals surface area contributed by atoms with E-state index in [4.69, 9.17) is 0 Å². The minimum atomic E-state index is -5.85. The summed E-state index contributed by atoms with van der Waals surface area (Å²) in [7, 11) is 0. The topological polar surface area (TPSA) is 20.3 Å². The van der Waals surface area contributed by atoms with Crippen molar-refractivity contribution in [3.05, 3.63) is 0 Å². The molecule has 0 aromatic rings. The zero-order valence-corrected chi connectivity index (χ0v) is 19.0. The maximum atomic E-state index is 13.6. The lowest BCUT2D eigenvalue weighted by atomic mass is 10.1. The summed E-state index contributed by atoms with van der Waals surface area (Å²) in [5.74, 6) is -7.41. The molecule has 0 rings (SSSR count). The van der Waals surface area contributed by atoms with Gasteiger partial charge < -0.3 is 4.90 Å². The zero-order chi connectivity index (χ0) is 22.9. The first-order valence-corrected chi connectivity index (χ1v) is 11.9. The van der Waals surface area contributed by atoms with Crippen molar-refractivity contribution in [2.75, 3.05) is 13.1 Å². The van der Waals surface area contributed by atoms with Crippen LogP contribution in [0.3, 0.4) is 0 Å². The van der Waals surface area contributed by atoms with Gasteiger partial charge in [0.2, 0.25) is 0 Å². The van der Waals surface area contributed by atoms with Crippen LogP contribution in [0.25, 0.3) is 0 Å². The van der Waals surface area contributed by atoms with Crippen molar-refractivity contribution in [3.8, 4) is 0 Å². The third-order valence-corrected chi connectivity index (χ3v) is 5.48. The average Bonchev–Trinajstić information content (AvgIpc) is 2.68. The number of carbonyl (C=O) groups is 1. The molecule has 0 saturated carbocycles. The van der Waals surface area contributed by atoms with Gasteiger partial charge >= 0.3 is 18.0 Å². The number of halogens is 5. The Bertz CT molecular complexity index is 406. The zero-order valence-electron chi connectivity index (χ0n) is 19.0. The molecular formula is C23H42F5NO. The largest absolute Gasteiger partial charge is 0.463 e. The molecule has 0 bridgehead atoms. The van der Waals surface area contributed by atoms with E-state index in [0.29, 0.717) is 12.8 Å². The maximum absolute atomic E-state index is 13.6. The lowest BCUT2D eigenvalue weighted by Crippen LogP contribution is -2.52. The summed E-state index contributed by atoms with van der Waals surface area (Å²) in [6.45, 7) is 4.20. The van der Waals surface area contributed by atoms with E-state index in [0.717, 1.165) is 81.9 Å². The summed E-state index contributed by atoms with van der Waals surface area (Å²) in [4.78, 5) is 12.7. The molecule has 2 nitrogen and oxygen atoms in total. The fourth-order valence-electron chi connectivity index (χ4n) is 3.51. The van der Waals surface area contributed by atoms with Crippen molar-refractivity contribution in [1.82, 2.24) is 4.90 Å². The highest BCUT2D eigenvalue weighted by Crippen LogP contribution is 2.37. The Hall–Kier alpha value is -0.880. The summed E-state index contributed by atoms with van der Waals surface area (Å²) in [5, 5.41) is 0. The molecule has 0 heterocycles. The Morgan fingerprint density at radius 1 is 0.567 bits per heavy atom. The van der Waals surface area contributed by atoms with Gasteiger partial charge in [-0.1, -0.05) is 104 Å². The van der Waals surface area contributed by atoms with Crippen molar-refractivity contribution in [2.45, 2.75) is 129 Å². The number of hydrogen-bond donors (Lipinski definition) is 0. The number of hydrogen-bond acceptors (Lipinski definition) is 1. The van der Waals surface area contributed by atoms with Gasteiger partial charge in [-0.2, -0.15) is 22.0 Å². The summed E-state index contributed by atoms with van der Waals surface area (Å²) in [5.41, 5.74) is 0. The Morgan fingerprint density at radius 2 is 0.867 bits per heavy atom. The fourth-order valence-corrected chi connectivity index (χ4v) is 3.51. The van der Waals surface area contributed by atoms with Gasteiger partial charge in [0.25, 0.3) is 0 Å². The molecule has 7 heteroatoms. The number of nitrogens with zero attached hydrogens (tertiary/aromatic N) is 1. The first-order chi connectivity index (χ1) is 14.2. The Kier molecular flexibility index (Phi) is 16.3. The number of rotatable bonds is 19. The van der Waals surface area contributed by atoms with E-state index in [1.807, 2.05) is 0 Å². The monoisotopic (exact) mass is 443 g/mol. The second-order valence-corrected chi connectivity index (χ2v) is 8.31. The van der Waals surface area contributed by atoms with Crippen LogP contribution in [0.1, 0.15) is 117 Å². The van der Waals surface area contributed by atoms with Crippen LogP contribution in [0.15, 0.2) is 0 Å². The molecule has 0 aliphatic carbocycles. The third kappa shape index (κ3) is 12.7. The van der Waals surface area contributed by atoms with Gasteiger partial charge in [-0.3, -0.25) is 4.79 Å². The average molecular weight is 444 g/mol. The Balaban J connectivity index is 4.41. The van der Waals surface area contributed by atoms with Crippen molar-refractivity contribution in [2.24, 2.45) is 0 Å². The van der Waals surface area contributed by atoms with E-state index < -0.39 is 18.0 Å². The van der Waals surface area contributed by atoms with E-state index in [9.17, 15) is 26.7 Å². The Morgan fingerprint density at radius 3 is 1.17 bits per heavy atom. The van der Waals surface area contributed by atoms with Gasteiger partial charge in [0, 0.05) is 13.1 Å². The lowest BCUT2D eigenvalue weighted by molar-refractivity contribution is -0.274. The lowest BCUT2D eigenvalue weighted by Gasteiger charge is -2.28. The first-order valence-electron chi connectivity index (χ1n) is 11.9. The van der Waals surface area contributed by atoms with Gasteiger partial charge in [-0.05, 0) is 12.8 Å². The van der Waals surface area contributed by atoms with Crippen molar-refractivity contribution < 1.29 is 26.7 Å². The summed E-state index contributed by atoms with van der Waals surface area (Å²) in [6, 6.07) is 0. The molecule has 0 spiro atoms. The molecule has 0 aromatic heterocycles. The molecule has 0 saturated heterocycles. The van der Waals surface area contributed by atoms with Gasteiger partial charge in [0.15, 0.2) is 0 Å². The van der Waals surface area contributed by atoms with E-state index in [1.165, 1.54) is 12.8 Å². The summed E-state index contributed by atoms with van der Waals surface area (Å²) < 4.78 is 65.0. The minimum Gasteiger partial charge on any atom is -0.337 e. The number of unbranched alkanes of at least 4 members (excludes halogenated alkanes) is 14. The van der Waals surface area contributed by atoms with E-state index >= 15 is 0 Å². The van der Waals surface area contributed by atoms with Gasteiger partial charge in [0.1, 0.15) is 0 Å². The Labute approximate surface area is 180 Å². The molecule has 0 radical (unpaired) electrons. The SMILES string of the molecule is CCCCCCCCCCN(CCCCCCCCCC)C(=O)C(F)(F)C(F)(F)F. The van der Waals surface area contributed by atoms with E-state index in [-0.39, 0.29) is 13.1 Å². The molecule has 0 unspecified atom stereocenters. The van der Waals surface area contributed by atoms with Crippen molar-refractivity contribution in [1.29, 1.82) is 0 Å². The van der Waals surface area contributed by atoms with Crippen LogP contribution >= 0.6 is 0 Å². The summed E-state index contributed by atoms with van der Waals surface area (Å²) in [6.07, 6.45) is 9.70. The molecule has 0 aromatic carbocycles. The molecule has 0 fully saturated rings. The third-order valence-electron chi connectivity index (χ3n) is 5.48. The van der Waals surface area contributed by atoms with E-state index in [2.05, 4.69) is 13.8 Å². The van der Waals surface area contributed by atoms with Crippen molar-refractivity contribution in [3.63, 3.8) is 0 Å². The summed E-state index contributed by atoms with van der Waals surface area (Å²) >= 11 is 0. The number of alkyl halides is 5.